The van der Waals surface area contributed by atoms with E-state index in [9.17, 15) is 26.3 Å². The van der Waals surface area contributed by atoms with E-state index >= 15 is 0 Å². The van der Waals surface area contributed by atoms with E-state index in [1.54, 1.807) is 0 Å². The normalized spacial score (nSPS) is 22.8. The quantitative estimate of drug-likeness (QED) is 0.512. The van der Waals surface area contributed by atoms with Gasteiger partial charge in [0.15, 0.2) is 0 Å². The molecule has 3 fully saturated rings. The first-order valence-electron chi connectivity index (χ1n) is 12.1. The fraction of sp³-hybridized carbons (Fsp3) is 0.818. The molecular formula is C22H33F6N5O4S. The van der Waals surface area contributed by atoms with Crippen molar-refractivity contribution in [3.05, 3.63) is 11.9 Å². The zero-order valence-corrected chi connectivity index (χ0v) is 21.9. The molecule has 0 radical (unpaired) electrons. The largest absolute Gasteiger partial charge is 0.490 e. The van der Waals surface area contributed by atoms with Gasteiger partial charge in [-0.1, -0.05) is 5.21 Å². The first-order valence-corrected chi connectivity index (χ1v) is 13.2. The number of hydrogen-bond acceptors (Lipinski definition) is 7. The van der Waals surface area contributed by atoms with E-state index in [-0.39, 0.29) is 0 Å². The first-order chi connectivity index (χ1) is 17.5. The summed E-state index contributed by atoms with van der Waals surface area (Å²) in [6.07, 6.45) is -1.54. The molecule has 0 amide bonds. The summed E-state index contributed by atoms with van der Waals surface area (Å²) in [6, 6.07) is 1.38. The molecule has 9 nitrogen and oxygen atoms in total. The van der Waals surface area contributed by atoms with Crippen molar-refractivity contribution >= 4 is 23.7 Å². The van der Waals surface area contributed by atoms with Gasteiger partial charge in [-0.05, 0) is 58.2 Å². The number of thioether (sulfide) groups is 1. The van der Waals surface area contributed by atoms with Crippen LogP contribution in [0.1, 0.15) is 57.7 Å². The second-order valence-electron chi connectivity index (χ2n) is 9.92. The highest BCUT2D eigenvalue weighted by atomic mass is 32.2. The number of alkyl halides is 6. The smallest absolute Gasteiger partial charge is 0.475 e. The van der Waals surface area contributed by atoms with E-state index < -0.39 is 24.3 Å². The summed E-state index contributed by atoms with van der Waals surface area (Å²) in [6.45, 7) is 9.29. The minimum absolute atomic E-state index is 0.314. The number of carboxylic acid groups (broad SMARTS) is 2. The summed E-state index contributed by atoms with van der Waals surface area (Å²) in [7, 11) is 0. The number of aromatic nitrogens is 3. The van der Waals surface area contributed by atoms with Crippen molar-refractivity contribution in [2.24, 2.45) is 0 Å². The molecule has 3 aliphatic heterocycles. The molecule has 0 spiro atoms. The Morgan fingerprint density at radius 3 is 1.97 bits per heavy atom. The standard InChI is InChI=1S/C18H31N5S.2C2HF3O2/c1-18(2)7-3-8-22(18)12-15-13-23(20-19-15)16-4-9-21(10-5-16)17-6-11-24-14-17;2*3-2(4,5)1(6)7/h13,16-17H,3-12,14H2,1-2H3;2*(H,6,7). The third-order valence-electron chi connectivity index (χ3n) is 6.76. The maximum atomic E-state index is 10.6. The van der Waals surface area contributed by atoms with E-state index in [0.717, 1.165) is 18.3 Å². The Bertz CT molecular complexity index is 889. The number of carbonyl (C=O) groups is 2. The van der Waals surface area contributed by atoms with Crippen molar-refractivity contribution < 1.29 is 46.1 Å². The van der Waals surface area contributed by atoms with Crippen molar-refractivity contribution in [1.29, 1.82) is 0 Å². The number of nitrogens with zero attached hydrogens (tertiary/aromatic N) is 5. The summed E-state index contributed by atoms with van der Waals surface area (Å²) in [5.41, 5.74) is 1.45. The fourth-order valence-electron chi connectivity index (χ4n) is 4.54. The minimum atomic E-state index is -5.08. The molecule has 0 aromatic carbocycles. The molecule has 1 unspecified atom stereocenters. The van der Waals surface area contributed by atoms with Gasteiger partial charge in [-0.25, -0.2) is 14.3 Å². The average molecular weight is 578 g/mol. The van der Waals surface area contributed by atoms with Crippen LogP contribution in [-0.4, -0.2) is 102 Å². The van der Waals surface area contributed by atoms with Crippen LogP contribution in [0.15, 0.2) is 6.20 Å². The third kappa shape index (κ3) is 9.91. The Labute approximate surface area is 220 Å². The highest BCUT2D eigenvalue weighted by Gasteiger charge is 2.39. The van der Waals surface area contributed by atoms with Gasteiger partial charge in [-0.15, -0.1) is 5.10 Å². The molecule has 4 heterocycles. The number of halogens is 6. The third-order valence-corrected chi connectivity index (χ3v) is 7.91. The van der Waals surface area contributed by atoms with Gasteiger partial charge in [0, 0.05) is 37.0 Å². The predicted molar refractivity (Wildman–Crippen MR) is 127 cm³/mol. The van der Waals surface area contributed by atoms with Gasteiger partial charge in [0.1, 0.15) is 0 Å². The van der Waals surface area contributed by atoms with E-state index in [1.807, 2.05) is 0 Å². The predicted octanol–water partition coefficient (Wildman–Crippen LogP) is 4.06. The fourth-order valence-corrected chi connectivity index (χ4v) is 5.80. The molecule has 0 aliphatic carbocycles. The molecule has 3 aliphatic rings. The van der Waals surface area contributed by atoms with Crippen LogP contribution in [0.5, 0.6) is 0 Å². The van der Waals surface area contributed by atoms with Crippen LogP contribution in [0.25, 0.3) is 0 Å². The molecular weight excluding hydrogens is 544 g/mol. The second kappa shape index (κ2) is 13.3. The van der Waals surface area contributed by atoms with Crippen LogP contribution < -0.4 is 0 Å². The van der Waals surface area contributed by atoms with Crippen molar-refractivity contribution in [3.8, 4) is 0 Å². The Balaban J connectivity index is 0.000000301. The van der Waals surface area contributed by atoms with Crippen molar-refractivity contribution in [2.45, 2.75) is 82.5 Å². The lowest BCUT2D eigenvalue weighted by Crippen LogP contribution is -2.42. The van der Waals surface area contributed by atoms with Gasteiger partial charge in [-0.3, -0.25) is 9.80 Å². The first kappa shape index (κ1) is 32.1. The van der Waals surface area contributed by atoms with Crippen molar-refractivity contribution in [2.75, 3.05) is 31.1 Å². The average Bonchev–Trinajstić information content (AvgIpc) is 3.56. The molecule has 1 aromatic rings. The van der Waals surface area contributed by atoms with Crippen LogP contribution in [0.2, 0.25) is 0 Å². The molecule has 218 valence electrons. The molecule has 0 saturated carbocycles. The summed E-state index contributed by atoms with van der Waals surface area (Å²) in [5, 5.41) is 23.2. The van der Waals surface area contributed by atoms with Crippen molar-refractivity contribution in [3.63, 3.8) is 0 Å². The minimum Gasteiger partial charge on any atom is -0.475 e. The molecule has 4 rings (SSSR count). The van der Waals surface area contributed by atoms with Gasteiger partial charge in [0.2, 0.25) is 0 Å². The molecule has 16 heteroatoms. The monoisotopic (exact) mass is 577 g/mol. The Kier molecular flexibility index (Phi) is 11.3. The lowest BCUT2D eigenvalue weighted by atomic mass is 10.0. The summed E-state index contributed by atoms with van der Waals surface area (Å²) >= 11 is 2.12. The van der Waals surface area contributed by atoms with Crippen LogP contribution in [-0.2, 0) is 16.1 Å². The SMILES string of the molecule is CC1(C)CCCN1Cc1cn(C2CCN(C3CCSC3)CC2)nn1.O=C(O)C(F)(F)F.O=C(O)C(F)(F)F. The Morgan fingerprint density at radius 2 is 1.55 bits per heavy atom. The molecule has 38 heavy (non-hydrogen) atoms. The van der Waals surface area contributed by atoms with Crippen LogP contribution >= 0.6 is 11.8 Å². The maximum Gasteiger partial charge on any atom is 0.490 e. The highest BCUT2D eigenvalue weighted by Crippen LogP contribution is 2.31. The zero-order chi connectivity index (χ0) is 28.7. The number of rotatable bonds is 4. The molecule has 0 bridgehead atoms. The lowest BCUT2D eigenvalue weighted by Gasteiger charge is -2.35. The van der Waals surface area contributed by atoms with E-state index in [4.69, 9.17) is 19.8 Å². The molecule has 3 saturated heterocycles. The van der Waals surface area contributed by atoms with Gasteiger partial charge in [-0.2, -0.15) is 38.1 Å². The van der Waals surface area contributed by atoms with Crippen LogP contribution in [0.3, 0.4) is 0 Å². The van der Waals surface area contributed by atoms with E-state index in [1.165, 1.54) is 63.2 Å². The number of carboxylic acids is 2. The Hall–Kier alpha value is -2.07. The van der Waals surface area contributed by atoms with E-state index in [2.05, 4.69) is 56.6 Å². The summed E-state index contributed by atoms with van der Waals surface area (Å²) in [4.78, 5) is 23.1. The highest BCUT2D eigenvalue weighted by molar-refractivity contribution is 7.99. The summed E-state index contributed by atoms with van der Waals surface area (Å²) < 4.78 is 65.6. The van der Waals surface area contributed by atoms with Crippen molar-refractivity contribution in [1.82, 2.24) is 24.8 Å². The van der Waals surface area contributed by atoms with E-state index in [0.29, 0.717) is 11.6 Å². The zero-order valence-electron chi connectivity index (χ0n) is 21.1. The Morgan fingerprint density at radius 1 is 1.00 bits per heavy atom. The second-order valence-corrected chi connectivity index (χ2v) is 11.1. The van der Waals surface area contributed by atoms with Crippen LogP contribution in [0.4, 0.5) is 26.3 Å². The maximum absolute atomic E-state index is 10.6. The number of aliphatic carboxylic acids is 2. The topological polar surface area (TPSA) is 112 Å². The lowest BCUT2D eigenvalue weighted by molar-refractivity contribution is -0.193. The van der Waals surface area contributed by atoms with Gasteiger partial charge in [0.25, 0.3) is 0 Å². The number of piperidine rings is 1. The number of hydrogen-bond donors (Lipinski definition) is 2. The molecule has 1 aromatic heterocycles. The molecule has 1 atom stereocenters. The van der Waals surface area contributed by atoms with Gasteiger partial charge < -0.3 is 10.2 Å². The van der Waals surface area contributed by atoms with Gasteiger partial charge >= 0.3 is 24.3 Å². The van der Waals surface area contributed by atoms with Gasteiger partial charge in [0.05, 0.1) is 17.9 Å². The van der Waals surface area contributed by atoms with Crippen LogP contribution in [0, 0.1) is 0 Å². The summed E-state index contributed by atoms with van der Waals surface area (Å²) in [5.74, 6) is -2.83. The molecule has 2 N–H and O–H groups in total. The number of likely N-dealkylation sites (tertiary alicyclic amines) is 2.